The molecule has 0 spiro atoms. The Balaban J connectivity index is 1.16. The summed E-state index contributed by atoms with van der Waals surface area (Å²) < 4.78 is 26.0. The van der Waals surface area contributed by atoms with Crippen molar-refractivity contribution in [3.8, 4) is 5.75 Å². The molecular formula is C33H31FN2O4. The van der Waals surface area contributed by atoms with Gasteiger partial charge in [0.25, 0.3) is 5.91 Å². The molecule has 6 nitrogen and oxygen atoms in total. The number of amides is 2. The minimum Gasteiger partial charge on any atom is -0.486 e. The highest BCUT2D eigenvalue weighted by Gasteiger charge is 2.39. The monoisotopic (exact) mass is 538 g/mol. The molecule has 0 radical (unpaired) electrons. The number of carbonyl (C=O) groups excluding carboxylic acids is 2. The van der Waals surface area contributed by atoms with Crippen molar-refractivity contribution in [3.05, 3.63) is 124 Å². The molecule has 3 aromatic carbocycles. The summed E-state index contributed by atoms with van der Waals surface area (Å²) >= 11 is 0. The molecule has 2 aliphatic rings. The third-order valence-electron chi connectivity index (χ3n) is 7.52. The van der Waals surface area contributed by atoms with Crippen molar-refractivity contribution in [2.75, 3.05) is 6.54 Å². The molecule has 1 aliphatic heterocycles. The summed E-state index contributed by atoms with van der Waals surface area (Å²) in [4.78, 5) is 27.7. The second-order valence-electron chi connectivity index (χ2n) is 10.6. The van der Waals surface area contributed by atoms with Gasteiger partial charge in [-0.15, -0.1) is 0 Å². The van der Waals surface area contributed by atoms with Crippen LogP contribution in [0.15, 0.2) is 83.3 Å². The second-order valence-corrected chi connectivity index (χ2v) is 10.6. The molecule has 2 heterocycles. The van der Waals surface area contributed by atoms with Gasteiger partial charge in [0, 0.05) is 19.0 Å². The van der Waals surface area contributed by atoms with E-state index in [1.807, 2.05) is 60.4 Å². The van der Waals surface area contributed by atoms with E-state index < -0.39 is 0 Å². The number of aryl methyl sites for hydroxylation is 1. The highest BCUT2D eigenvalue weighted by molar-refractivity contribution is 5.91. The van der Waals surface area contributed by atoms with E-state index in [4.69, 9.17) is 9.15 Å². The lowest BCUT2D eigenvalue weighted by Crippen LogP contribution is -2.41. The fourth-order valence-corrected chi connectivity index (χ4v) is 5.34. The largest absolute Gasteiger partial charge is 0.486 e. The number of carbonyl (C=O) groups is 2. The van der Waals surface area contributed by atoms with Gasteiger partial charge >= 0.3 is 0 Å². The van der Waals surface area contributed by atoms with E-state index in [0.717, 1.165) is 47.1 Å². The zero-order valence-electron chi connectivity index (χ0n) is 22.4. The maximum Gasteiger partial charge on any atom is 0.287 e. The lowest BCUT2D eigenvalue weighted by atomic mass is 9.87. The van der Waals surface area contributed by atoms with Gasteiger partial charge in [0.15, 0.2) is 5.76 Å². The zero-order valence-corrected chi connectivity index (χ0v) is 22.4. The third-order valence-corrected chi connectivity index (χ3v) is 7.52. The van der Waals surface area contributed by atoms with Crippen molar-refractivity contribution >= 4 is 11.8 Å². The van der Waals surface area contributed by atoms with E-state index in [0.29, 0.717) is 24.6 Å². The Kier molecular flexibility index (Phi) is 7.11. The van der Waals surface area contributed by atoms with Gasteiger partial charge in [-0.2, -0.15) is 0 Å². The first-order valence-corrected chi connectivity index (χ1v) is 13.7. The van der Waals surface area contributed by atoms with Crippen molar-refractivity contribution in [1.82, 2.24) is 10.2 Å². The quantitative estimate of drug-likeness (QED) is 0.293. The Labute approximate surface area is 232 Å². The fraction of sp³-hybridized carbons (Fsp3) is 0.273. The van der Waals surface area contributed by atoms with Gasteiger partial charge in [0.2, 0.25) is 5.91 Å². The number of nitrogens with zero attached hydrogens (tertiary/aromatic N) is 1. The maximum atomic E-state index is 14.2. The molecule has 1 atom stereocenters. The number of fused-ring (bicyclic) bond motifs is 1. The predicted octanol–water partition coefficient (Wildman–Crippen LogP) is 6.12. The number of ether oxygens (including phenoxy) is 1. The average Bonchev–Trinajstić information content (AvgIpc) is 3.71. The third kappa shape index (κ3) is 5.64. The minimum absolute atomic E-state index is 0.0687. The second kappa shape index (κ2) is 11.0. The van der Waals surface area contributed by atoms with Gasteiger partial charge in [-0.3, -0.25) is 9.59 Å². The van der Waals surface area contributed by atoms with Crippen LogP contribution in [0.4, 0.5) is 4.39 Å². The number of hydrogen-bond acceptors (Lipinski definition) is 4. The summed E-state index contributed by atoms with van der Waals surface area (Å²) in [6, 6.07) is 23.3. The van der Waals surface area contributed by atoms with Crippen LogP contribution in [0.2, 0.25) is 0 Å². The molecule has 1 aliphatic carbocycles. The number of furan rings is 1. The molecule has 1 N–H and O–H groups in total. The van der Waals surface area contributed by atoms with E-state index in [-0.39, 0.29) is 42.0 Å². The summed E-state index contributed by atoms with van der Waals surface area (Å²) in [5.74, 6) is 0.937. The molecule has 1 fully saturated rings. The summed E-state index contributed by atoms with van der Waals surface area (Å²) in [6.07, 6.45) is 2.56. The molecule has 0 bridgehead atoms. The van der Waals surface area contributed by atoms with Crippen LogP contribution >= 0.6 is 0 Å². The number of halogens is 1. The van der Waals surface area contributed by atoms with Crippen LogP contribution in [0.25, 0.3) is 0 Å². The number of hydrogen-bond donors (Lipinski definition) is 1. The SMILES string of the molecule is Cc1cccc(CNC(=O)c2ccc(COc3ccc4c(c3)[C@@H](c3cccc(F)c3)N(C(=O)C3CC3)CC4)o2)c1. The van der Waals surface area contributed by atoms with Crippen molar-refractivity contribution in [3.63, 3.8) is 0 Å². The van der Waals surface area contributed by atoms with Crippen LogP contribution in [0.5, 0.6) is 5.75 Å². The van der Waals surface area contributed by atoms with Crippen molar-refractivity contribution < 1.29 is 23.1 Å². The smallest absolute Gasteiger partial charge is 0.287 e. The molecule has 0 unspecified atom stereocenters. The first-order chi connectivity index (χ1) is 19.4. The lowest BCUT2D eigenvalue weighted by molar-refractivity contribution is -0.134. The Hall–Kier alpha value is -4.39. The van der Waals surface area contributed by atoms with Crippen LogP contribution in [0.3, 0.4) is 0 Å². The first kappa shape index (κ1) is 25.9. The molecule has 4 aromatic rings. The van der Waals surface area contributed by atoms with Crippen molar-refractivity contribution in [2.24, 2.45) is 5.92 Å². The van der Waals surface area contributed by atoms with E-state index in [9.17, 15) is 14.0 Å². The maximum absolute atomic E-state index is 14.2. The van der Waals surface area contributed by atoms with Gasteiger partial charge in [-0.05, 0) is 84.8 Å². The van der Waals surface area contributed by atoms with Gasteiger partial charge in [0.1, 0.15) is 23.9 Å². The molecular weight excluding hydrogens is 507 g/mol. The van der Waals surface area contributed by atoms with Gasteiger partial charge in [-0.25, -0.2) is 4.39 Å². The van der Waals surface area contributed by atoms with Gasteiger partial charge < -0.3 is 19.4 Å². The Bertz CT molecular complexity index is 1560. The molecule has 6 rings (SSSR count). The van der Waals surface area contributed by atoms with Crippen LogP contribution in [-0.4, -0.2) is 23.3 Å². The van der Waals surface area contributed by atoms with Crippen molar-refractivity contribution in [1.29, 1.82) is 0 Å². The Morgan fingerprint density at radius 3 is 2.67 bits per heavy atom. The topological polar surface area (TPSA) is 71.8 Å². The number of rotatable bonds is 8. The normalized spacial score (nSPS) is 16.4. The molecule has 2 amide bonds. The number of benzene rings is 3. The highest BCUT2D eigenvalue weighted by atomic mass is 19.1. The van der Waals surface area contributed by atoms with E-state index >= 15 is 0 Å². The van der Waals surface area contributed by atoms with Crippen LogP contribution < -0.4 is 10.1 Å². The Morgan fingerprint density at radius 1 is 1.02 bits per heavy atom. The molecule has 0 saturated heterocycles. The molecule has 1 aromatic heterocycles. The first-order valence-electron chi connectivity index (χ1n) is 13.7. The summed E-state index contributed by atoms with van der Waals surface area (Å²) in [5.41, 5.74) is 4.96. The molecule has 204 valence electrons. The fourth-order valence-electron chi connectivity index (χ4n) is 5.34. The predicted molar refractivity (Wildman–Crippen MR) is 148 cm³/mol. The number of nitrogens with one attached hydrogen (secondary N) is 1. The van der Waals surface area contributed by atoms with Gasteiger partial charge in [-0.1, -0.05) is 48.0 Å². The molecule has 7 heteroatoms. The van der Waals surface area contributed by atoms with Crippen molar-refractivity contribution in [2.45, 2.75) is 45.4 Å². The van der Waals surface area contributed by atoms with E-state index in [1.54, 1.807) is 18.2 Å². The minimum atomic E-state index is -0.372. The standard InChI is InChI=1S/C33H31FN2O4/c1-21-4-2-5-22(16-21)19-35-32(37)30-13-12-28(40-30)20-39-27-11-10-23-14-15-36(33(38)24-8-9-24)31(29(23)18-27)25-6-3-7-26(34)17-25/h2-7,10-13,16-18,24,31H,8-9,14-15,19-20H2,1H3,(H,35,37)/t31-/m1/s1. The average molecular weight is 539 g/mol. The summed E-state index contributed by atoms with van der Waals surface area (Å²) in [6.45, 7) is 3.16. The lowest BCUT2D eigenvalue weighted by Gasteiger charge is -2.38. The Morgan fingerprint density at radius 2 is 1.88 bits per heavy atom. The van der Waals surface area contributed by atoms with E-state index in [1.165, 1.54) is 12.1 Å². The van der Waals surface area contributed by atoms with E-state index in [2.05, 4.69) is 5.32 Å². The van der Waals surface area contributed by atoms with Crippen LogP contribution in [0.1, 0.15) is 63.0 Å². The summed E-state index contributed by atoms with van der Waals surface area (Å²) in [5, 5.41) is 2.88. The molecule has 40 heavy (non-hydrogen) atoms. The zero-order chi connectivity index (χ0) is 27.6. The highest BCUT2D eigenvalue weighted by Crippen LogP contribution is 2.41. The van der Waals surface area contributed by atoms with Crippen LogP contribution in [0, 0.1) is 18.7 Å². The van der Waals surface area contributed by atoms with Gasteiger partial charge in [0.05, 0.1) is 6.04 Å². The molecule has 1 saturated carbocycles. The summed E-state index contributed by atoms with van der Waals surface area (Å²) in [7, 11) is 0. The van der Waals surface area contributed by atoms with Crippen LogP contribution in [-0.2, 0) is 24.4 Å².